The molecule has 1 aliphatic heterocycles. The molecule has 2 N–H and O–H groups in total. The lowest BCUT2D eigenvalue weighted by atomic mass is 9.79. The van der Waals surface area contributed by atoms with Crippen molar-refractivity contribution < 1.29 is 14.3 Å². The average Bonchev–Trinajstić information content (AvgIpc) is 2.42. The van der Waals surface area contributed by atoms with Gasteiger partial charge in [0.2, 0.25) is 0 Å². The number of amides is 1. The standard InChI is InChI=1S/C18H28N2O3.ClH/c1-17(2)10-13(11-18(3,4)20-17)19-16(21)12-23-15-8-6-14(22-5)7-9-15;/h6-9,13,20H,10-12H2,1-5H3,(H,19,21);1H. The summed E-state index contributed by atoms with van der Waals surface area (Å²) in [5.41, 5.74) is 0.0209. The number of carbonyl (C=O) groups is 1. The Hall–Kier alpha value is -1.46. The summed E-state index contributed by atoms with van der Waals surface area (Å²) < 4.78 is 10.6. The minimum Gasteiger partial charge on any atom is -0.497 e. The molecule has 136 valence electrons. The fraction of sp³-hybridized carbons (Fsp3) is 0.611. The first-order chi connectivity index (χ1) is 10.7. The number of rotatable bonds is 5. The second-order valence-electron chi connectivity index (χ2n) is 7.53. The van der Waals surface area contributed by atoms with Gasteiger partial charge in [-0.05, 0) is 64.8 Å². The molecule has 0 saturated carbocycles. The Morgan fingerprint density at radius 3 is 2.12 bits per heavy atom. The molecular formula is C18H29ClN2O3. The topological polar surface area (TPSA) is 59.6 Å². The zero-order valence-corrected chi connectivity index (χ0v) is 16.0. The number of nitrogens with one attached hydrogen (secondary N) is 2. The van der Waals surface area contributed by atoms with Gasteiger partial charge in [-0.3, -0.25) is 4.79 Å². The van der Waals surface area contributed by atoms with Crippen LogP contribution in [0.3, 0.4) is 0 Å². The maximum absolute atomic E-state index is 12.1. The van der Waals surface area contributed by atoms with E-state index in [1.165, 1.54) is 0 Å². The van der Waals surface area contributed by atoms with Crippen molar-refractivity contribution in [1.29, 1.82) is 0 Å². The normalized spacial score (nSPS) is 19.0. The molecule has 1 heterocycles. The Morgan fingerprint density at radius 2 is 1.62 bits per heavy atom. The third kappa shape index (κ3) is 6.21. The molecule has 0 aromatic heterocycles. The minimum absolute atomic E-state index is 0. The molecule has 0 radical (unpaired) electrons. The van der Waals surface area contributed by atoms with Crippen molar-refractivity contribution in [3.63, 3.8) is 0 Å². The van der Waals surface area contributed by atoms with Gasteiger partial charge in [0.15, 0.2) is 6.61 Å². The van der Waals surface area contributed by atoms with Crippen molar-refractivity contribution in [3.05, 3.63) is 24.3 Å². The van der Waals surface area contributed by atoms with Crippen molar-refractivity contribution in [3.8, 4) is 11.5 Å². The number of carbonyl (C=O) groups excluding carboxylic acids is 1. The lowest BCUT2D eigenvalue weighted by molar-refractivity contribution is -0.124. The van der Waals surface area contributed by atoms with Crippen LogP contribution >= 0.6 is 12.4 Å². The van der Waals surface area contributed by atoms with Crippen LogP contribution in [-0.2, 0) is 4.79 Å². The van der Waals surface area contributed by atoms with Crippen LogP contribution in [0.5, 0.6) is 11.5 Å². The zero-order chi connectivity index (χ0) is 17.1. The maximum atomic E-state index is 12.1. The number of halogens is 1. The van der Waals surface area contributed by atoms with Crippen molar-refractivity contribution in [2.24, 2.45) is 0 Å². The summed E-state index contributed by atoms with van der Waals surface area (Å²) in [4.78, 5) is 12.1. The van der Waals surface area contributed by atoms with E-state index in [0.29, 0.717) is 5.75 Å². The lowest BCUT2D eigenvalue weighted by Crippen LogP contribution is -2.62. The SMILES string of the molecule is COc1ccc(OCC(=O)NC2CC(C)(C)NC(C)(C)C2)cc1.Cl. The Labute approximate surface area is 150 Å². The summed E-state index contributed by atoms with van der Waals surface area (Å²) in [6.45, 7) is 8.70. The summed E-state index contributed by atoms with van der Waals surface area (Å²) >= 11 is 0. The zero-order valence-electron chi connectivity index (χ0n) is 15.1. The van der Waals surface area contributed by atoms with Gasteiger partial charge in [0.05, 0.1) is 7.11 Å². The Balaban J connectivity index is 0.00000288. The molecule has 1 aromatic rings. The fourth-order valence-corrected chi connectivity index (χ4v) is 3.51. The molecule has 2 rings (SSSR count). The van der Waals surface area contributed by atoms with Gasteiger partial charge in [0.25, 0.3) is 5.91 Å². The molecule has 0 spiro atoms. The average molecular weight is 357 g/mol. The highest BCUT2D eigenvalue weighted by atomic mass is 35.5. The number of hydrogen-bond acceptors (Lipinski definition) is 4. The third-order valence-electron chi connectivity index (χ3n) is 3.98. The molecule has 1 fully saturated rings. The predicted octanol–water partition coefficient (Wildman–Crippen LogP) is 2.92. The smallest absolute Gasteiger partial charge is 0.258 e. The highest BCUT2D eigenvalue weighted by Crippen LogP contribution is 2.28. The van der Waals surface area contributed by atoms with Crippen LogP contribution in [0.15, 0.2) is 24.3 Å². The van der Waals surface area contributed by atoms with E-state index in [-0.39, 0.29) is 42.0 Å². The summed E-state index contributed by atoms with van der Waals surface area (Å²) in [7, 11) is 1.62. The van der Waals surface area contributed by atoms with Gasteiger partial charge in [-0.2, -0.15) is 0 Å². The molecule has 24 heavy (non-hydrogen) atoms. The molecule has 0 bridgehead atoms. The van der Waals surface area contributed by atoms with E-state index < -0.39 is 0 Å². The van der Waals surface area contributed by atoms with Crippen LogP contribution in [0.1, 0.15) is 40.5 Å². The maximum Gasteiger partial charge on any atom is 0.258 e. The summed E-state index contributed by atoms with van der Waals surface area (Å²) in [5, 5.41) is 6.70. The van der Waals surface area contributed by atoms with Crippen LogP contribution in [0.25, 0.3) is 0 Å². The first-order valence-corrected chi connectivity index (χ1v) is 8.05. The van der Waals surface area contributed by atoms with E-state index in [1.54, 1.807) is 19.2 Å². The van der Waals surface area contributed by atoms with Gasteiger partial charge in [-0.15, -0.1) is 12.4 Å². The number of piperidine rings is 1. The second-order valence-corrected chi connectivity index (χ2v) is 7.53. The van der Waals surface area contributed by atoms with Crippen LogP contribution in [0.2, 0.25) is 0 Å². The van der Waals surface area contributed by atoms with Crippen LogP contribution in [-0.4, -0.2) is 36.7 Å². The largest absolute Gasteiger partial charge is 0.497 e. The van der Waals surface area contributed by atoms with Gasteiger partial charge >= 0.3 is 0 Å². The highest BCUT2D eigenvalue weighted by Gasteiger charge is 2.38. The van der Waals surface area contributed by atoms with E-state index in [2.05, 4.69) is 38.3 Å². The first kappa shape index (κ1) is 20.6. The summed E-state index contributed by atoms with van der Waals surface area (Å²) in [5.74, 6) is 1.34. The Bertz CT molecular complexity index is 528. The molecular weight excluding hydrogens is 328 g/mol. The summed E-state index contributed by atoms with van der Waals surface area (Å²) in [6, 6.07) is 7.37. The molecule has 1 saturated heterocycles. The Morgan fingerprint density at radius 1 is 1.12 bits per heavy atom. The monoisotopic (exact) mass is 356 g/mol. The van der Waals surface area contributed by atoms with E-state index in [0.717, 1.165) is 18.6 Å². The highest BCUT2D eigenvalue weighted by molar-refractivity contribution is 5.85. The quantitative estimate of drug-likeness (QED) is 0.851. The molecule has 5 nitrogen and oxygen atoms in total. The number of benzene rings is 1. The molecule has 0 unspecified atom stereocenters. The Kier molecular flexibility index (Phi) is 6.93. The van der Waals surface area contributed by atoms with E-state index in [1.807, 2.05) is 12.1 Å². The predicted molar refractivity (Wildman–Crippen MR) is 98.2 cm³/mol. The van der Waals surface area contributed by atoms with E-state index in [9.17, 15) is 4.79 Å². The van der Waals surface area contributed by atoms with Gasteiger partial charge in [-0.25, -0.2) is 0 Å². The van der Waals surface area contributed by atoms with Crippen LogP contribution in [0.4, 0.5) is 0 Å². The molecule has 0 atom stereocenters. The third-order valence-corrected chi connectivity index (χ3v) is 3.98. The van der Waals surface area contributed by atoms with Crippen LogP contribution in [0, 0.1) is 0 Å². The molecule has 1 amide bonds. The van der Waals surface area contributed by atoms with E-state index >= 15 is 0 Å². The van der Waals surface area contributed by atoms with Gasteiger partial charge in [-0.1, -0.05) is 0 Å². The number of methoxy groups -OCH3 is 1. The van der Waals surface area contributed by atoms with Crippen molar-refractivity contribution >= 4 is 18.3 Å². The van der Waals surface area contributed by atoms with Gasteiger partial charge in [0.1, 0.15) is 11.5 Å². The minimum atomic E-state index is -0.0840. The molecule has 1 aromatic carbocycles. The fourth-order valence-electron chi connectivity index (χ4n) is 3.51. The number of ether oxygens (including phenoxy) is 2. The second kappa shape index (κ2) is 8.08. The van der Waals surface area contributed by atoms with Crippen molar-refractivity contribution in [1.82, 2.24) is 10.6 Å². The molecule has 6 heteroatoms. The van der Waals surface area contributed by atoms with E-state index in [4.69, 9.17) is 9.47 Å². The molecule has 1 aliphatic rings. The lowest BCUT2D eigenvalue weighted by Gasteiger charge is -2.46. The number of hydrogen-bond donors (Lipinski definition) is 2. The summed E-state index contributed by atoms with van der Waals surface area (Å²) in [6.07, 6.45) is 1.81. The first-order valence-electron chi connectivity index (χ1n) is 8.05. The van der Waals surface area contributed by atoms with Gasteiger partial charge in [0, 0.05) is 17.1 Å². The van der Waals surface area contributed by atoms with Crippen molar-refractivity contribution in [2.45, 2.75) is 57.7 Å². The molecule has 0 aliphatic carbocycles. The van der Waals surface area contributed by atoms with Crippen molar-refractivity contribution in [2.75, 3.05) is 13.7 Å². The van der Waals surface area contributed by atoms with Gasteiger partial charge < -0.3 is 20.1 Å². The van der Waals surface area contributed by atoms with Crippen LogP contribution < -0.4 is 20.1 Å².